The van der Waals surface area contributed by atoms with Crippen molar-refractivity contribution in [2.75, 3.05) is 11.4 Å². The Kier molecular flexibility index (Phi) is 9.47. The van der Waals surface area contributed by atoms with Crippen LogP contribution < -0.4 is 10.2 Å². The highest BCUT2D eigenvalue weighted by atomic mass is 31.0. The van der Waals surface area contributed by atoms with Crippen LogP contribution in [0.5, 0.6) is 0 Å². The zero-order valence-electron chi connectivity index (χ0n) is 24.4. The molecule has 10 heteroatoms. The molecule has 0 aliphatic carbocycles. The lowest BCUT2D eigenvalue weighted by Crippen LogP contribution is -2.38. The molecule has 6 atom stereocenters. The molecule has 1 aliphatic rings. The molecule has 1 N–H and O–H groups in total. The second-order valence-corrected chi connectivity index (χ2v) is 11.9. The first kappa shape index (κ1) is 30.0. The number of carbonyl (C=O) groups is 1. The first-order chi connectivity index (χ1) is 20.2. The van der Waals surface area contributed by atoms with Crippen LogP contribution in [0.3, 0.4) is 0 Å². The predicted molar refractivity (Wildman–Crippen MR) is 166 cm³/mol. The Balaban J connectivity index is 1.34. The van der Waals surface area contributed by atoms with Gasteiger partial charge in [0.15, 0.2) is 11.6 Å². The molecule has 1 fully saturated rings. The number of nitrogens with zero attached hydrogens (tertiary/aromatic N) is 5. The number of carbonyl (C=O) groups excluding carboxylic acids is 1. The normalized spacial score (nSPS) is 18.1. The topological polar surface area (TPSA) is 75.4 Å². The number of amides is 1. The van der Waals surface area contributed by atoms with Crippen LogP contribution in [0.1, 0.15) is 76.1 Å². The molecule has 7 nitrogen and oxygen atoms in total. The number of fused-ring (bicyclic) bond motifs is 1. The fraction of sp³-hybridized carbons (Fsp3) is 0.438. The monoisotopic (exact) mass is 592 g/mol. The second kappa shape index (κ2) is 13.2. The van der Waals surface area contributed by atoms with Crippen LogP contribution in [0.4, 0.5) is 14.6 Å². The third kappa shape index (κ3) is 6.62. The van der Waals surface area contributed by atoms with Gasteiger partial charge < -0.3 is 10.2 Å². The van der Waals surface area contributed by atoms with Gasteiger partial charge in [-0.25, -0.2) is 18.3 Å². The summed E-state index contributed by atoms with van der Waals surface area (Å²) in [6, 6.07) is 16.8. The third-order valence-electron chi connectivity index (χ3n) is 8.54. The number of aromatic nitrogens is 4. The van der Waals surface area contributed by atoms with Crippen LogP contribution in [0.25, 0.3) is 17.0 Å². The minimum atomic E-state index is -1.59. The number of hydrogen-bond acceptors (Lipinski definition) is 5. The van der Waals surface area contributed by atoms with Gasteiger partial charge in [0.2, 0.25) is 0 Å². The van der Waals surface area contributed by atoms with Gasteiger partial charge in [0.25, 0.3) is 5.91 Å². The number of imidazole rings is 1. The second-order valence-electron chi connectivity index (χ2n) is 11.3. The fourth-order valence-electron chi connectivity index (χ4n) is 5.81. The number of hydrogen-bond donors (Lipinski definition) is 1. The molecular weight excluding hydrogens is 553 g/mol. The minimum Gasteiger partial charge on any atom is -0.351 e. The van der Waals surface area contributed by atoms with Crippen molar-refractivity contribution < 1.29 is 13.6 Å². The van der Waals surface area contributed by atoms with Gasteiger partial charge in [-0.05, 0) is 80.0 Å². The van der Waals surface area contributed by atoms with Crippen molar-refractivity contribution in [3.63, 3.8) is 0 Å². The Labute approximate surface area is 248 Å². The molecule has 0 saturated carbocycles. The van der Waals surface area contributed by atoms with Gasteiger partial charge in [-0.1, -0.05) is 48.2 Å². The summed E-state index contributed by atoms with van der Waals surface area (Å²) in [5.74, 6) is -1.09. The summed E-state index contributed by atoms with van der Waals surface area (Å²) in [6.07, 6.45) is 6.16. The van der Waals surface area contributed by atoms with E-state index in [2.05, 4.69) is 29.0 Å². The van der Waals surface area contributed by atoms with Crippen molar-refractivity contribution in [2.24, 2.45) is 5.92 Å². The van der Waals surface area contributed by atoms with E-state index in [9.17, 15) is 13.6 Å². The van der Waals surface area contributed by atoms with Crippen LogP contribution in [-0.4, -0.2) is 44.0 Å². The molecule has 1 aromatic carbocycles. The maximum atomic E-state index is 14.0. The zero-order valence-corrected chi connectivity index (χ0v) is 25.5. The van der Waals surface area contributed by atoms with Crippen molar-refractivity contribution >= 4 is 26.6 Å². The lowest BCUT2D eigenvalue weighted by molar-refractivity contribution is -0.123. The Bertz CT molecular complexity index is 1530. The van der Waals surface area contributed by atoms with Crippen molar-refractivity contribution in [2.45, 2.75) is 76.8 Å². The Morgan fingerprint density at radius 2 is 1.95 bits per heavy atom. The number of nitrogens with one attached hydrogen (secondary N) is 1. The van der Waals surface area contributed by atoms with Gasteiger partial charge in [-0.15, -0.1) is 5.10 Å². The number of benzene rings is 1. The Morgan fingerprint density at radius 3 is 2.71 bits per heavy atom. The molecule has 5 rings (SSSR count). The van der Waals surface area contributed by atoms with Crippen LogP contribution in [0, 0.1) is 11.7 Å². The summed E-state index contributed by atoms with van der Waals surface area (Å²) in [5.41, 5.74) is 4.27. The quantitative estimate of drug-likeness (QED) is 0.193. The smallest absolute Gasteiger partial charge is 0.258 e. The molecule has 0 spiro atoms. The Morgan fingerprint density at radius 1 is 1.14 bits per heavy atom. The van der Waals surface area contributed by atoms with Gasteiger partial charge >= 0.3 is 0 Å². The predicted octanol–water partition coefficient (Wildman–Crippen LogP) is 6.86. The highest BCUT2D eigenvalue weighted by molar-refractivity contribution is 7.19. The molecule has 1 aliphatic heterocycles. The van der Waals surface area contributed by atoms with E-state index in [0.717, 1.165) is 72.8 Å². The number of rotatable bonds is 11. The van der Waals surface area contributed by atoms with E-state index in [1.54, 1.807) is 18.3 Å². The molecular formula is C32H39F2N6OP. The van der Waals surface area contributed by atoms with E-state index in [0.29, 0.717) is 5.92 Å². The molecule has 42 heavy (non-hydrogen) atoms. The molecule has 0 bridgehead atoms. The zero-order chi connectivity index (χ0) is 29.8. The summed E-state index contributed by atoms with van der Waals surface area (Å²) in [4.78, 5) is 23.7. The molecule has 0 radical (unpaired) electrons. The van der Waals surface area contributed by atoms with Crippen LogP contribution in [0.15, 0.2) is 60.8 Å². The maximum absolute atomic E-state index is 14.0. The van der Waals surface area contributed by atoms with E-state index >= 15 is 0 Å². The first-order valence-corrected chi connectivity index (χ1v) is 15.5. The number of anilines is 1. The van der Waals surface area contributed by atoms with Crippen LogP contribution >= 0.6 is 9.24 Å². The molecule has 6 unspecified atom stereocenters. The summed E-state index contributed by atoms with van der Waals surface area (Å²) < 4.78 is 29.1. The maximum Gasteiger partial charge on any atom is 0.258 e. The number of halogens is 2. The molecule has 222 valence electrons. The largest absolute Gasteiger partial charge is 0.351 e. The molecule has 1 saturated heterocycles. The molecule has 1 amide bonds. The average molecular weight is 593 g/mol. The Hall–Kier alpha value is -3.45. The van der Waals surface area contributed by atoms with E-state index in [1.807, 2.05) is 57.1 Å². The lowest BCUT2D eigenvalue weighted by atomic mass is 9.87. The fourth-order valence-corrected chi connectivity index (χ4v) is 5.90. The minimum absolute atomic E-state index is 0.0557. The van der Waals surface area contributed by atoms with Gasteiger partial charge in [0.1, 0.15) is 17.3 Å². The van der Waals surface area contributed by atoms with E-state index < -0.39 is 11.8 Å². The SMILES string of the molecule is CCC(CCC(C)C(C)c1cccc(-c2cnc3ccc(N4CCCC4c4cccc(F)c4)nn23)n1)NC(=O)C(F)P. The van der Waals surface area contributed by atoms with Gasteiger partial charge in [-0.2, -0.15) is 0 Å². The highest BCUT2D eigenvalue weighted by Crippen LogP contribution is 2.36. The summed E-state index contributed by atoms with van der Waals surface area (Å²) in [5, 5.41) is 7.78. The van der Waals surface area contributed by atoms with Crippen molar-refractivity contribution in [3.8, 4) is 11.4 Å². The standard InChI is InChI=1S/C32H39F2N6OP/c1-4-24(36-32(41)31(34)42)14-13-20(2)21(3)25-10-6-11-26(37-25)28-19-35-29-15-16-30(38-40(28)29)39-17-7-12-27(39)22-8-5-9-23(33)18-22/h5-6,8-11,15-16,18-21,24,27,31H,4,7,12-14,17,42H2,1-3H3,(H,36,41). The first-order valence-electron chi connectivity index (χ1n) is 14.8. The number of alkyl halides is 1. The summed E-state index contributed by atoms with van der Waals surface area (Å²) in [7, 11) is 1.90. The van der Waals surface area contributed by atoms with E-state index in [-0.39, 0.29) is 23.8 Å². The van der Waals surface area contributed by atoms with Crippen molar-refractivity contribution in [1.29, 1.82) is 0 Å². The van der Waals surface area contributed by atoms with E-state index in [4.69, 9.17) is 10.1 Å². The van der Waals surface area contributed by atoms with E-state index in [1.165, 1.54) is 6.07 Å². The van der Waals surface area contributed by atoms with Gasteiger partial charge in [0, 0.05) is 24.2 Å². The summed E-state index contributed by atoms with van der Waals surface area (Å²) in [6.45, 7) is 7.21. The van der Waals surface area contributed by atoms with Crippen molar-refractivity contribution in [1.82, 2.24) is 24.9 Å². The lowest BCUT2D eigenvalue weighted by Gasteiger charge is -2.26. The number of pyridine rings is 1. The van der Waals surface area contributed by atoms with Gasteiger partial charge in [-0.3, -0.25) is 9.78 Å². The molecule has 4 aromatic rings. The highest BCUT2D eigenvalue weighted by Gasteiger charge is 2.28. The summed E-state index contributed by atoms with van der Waals surface area (Å²) >= 11 is 0. The van der Waals surface area contributed by atoms with Crippen molar-refractivity contribution in [3.05, 3.63) is 77.9 Å². The molecule has 3 aromatic heterocycles. The van der Waals surface area contributed by atoms with Gasteiger partial charge in [0.05, 0.1) is 17.9 Å². The average Bonchev–Trinajstić information content (AvgIpc) is 3.66. The van der Waals surface area contributed by atoms with Crippen LogP contribution in [0.2, 0.25) is 0 Å². The third-order valence-corrected chi connectivity index (χ3v) is 8.84. The molecule has 4 heterocycles. The van der Waals surface area contributed by atoms with Crippen LogP contribution in [-0.2, 0) is 4.79 Å².